The molecule has 0 unspecified atom stereocenters. The highest BCUT2D eigenvalue weighted by molar-refractivity contribution is 7.17. The van der Waals surface area contributed by atoms with Gasteiger partial charge in [-0.2, -0.15) is 4.99 Å². The number of halogens is 1. The van der Waals surface area contributed by atoms with Gasteiger partial charge in [0.1, 0.15) is 5.82 Å². The lowest BCUT2D eigenvalue weighted by molar-refractivity contribution is 0.0998. The summed E-state index contributed by atoms with van der Waals surface area (Å²) >= 11 is 1.47. The molecule has 4 rings (SSSR count). The van der Waals surface area contributed by atoms with Crippen molar-refractivity contribution in [3.8, 4) is 0 Å². The Morgan fingerprint density at radius 3 is 2.65 bits per heavy atom. The van der Waals surface area contributed by atoms with E-state index in [2.05, 4.69) is 29.8 Å². The summed E-state index contributed by atoms with van der Waals surface area (Å²) in [4.78, 5) is 17.4. The molecule has 1 amide bonds. The van der Waals surface area contributed by atoms with E-state index in [0.29, 0.717) is 16.9 Å². The van der Waals surface area contributed by atoms with Gasteiger partial charge in [-0.3, -0.25) is 4.79 Å². The van der Waals surface area contributed by atoms with Gasteiger partial charge in [0.25, 0.3) is 5.91 Å². The average molecular weight is 362 g/mol. The smallest absolute Gasteiger partial charge is 0.279 e. The van der Waals surface area contributed by atoms with Gasteiger partial charge in [-0.15, -0.1) is 6.58 Å². The van der Waals surface area contributed by atoms with Crippen molar-refractivity contribution in [3.05, 3.63) is 89.5 Å². The predicted molar refractivity (Wildman–Crippen MR) is 104 cm³/mol. The van der Waals surface area contributed by atoms with E-state index in [-0.39, 0.29) is 5.82 Å². The second kappa shape index (κ2) is 6.69. The van der Waals surface area contributed by atoms with Crippen LogP contribution in [0.15, 0.2) is 78.3 Å². The van der Waals surface area contributed by atoms with E-state index in [1.165, 1.54) is 35.6 Å². The number of nitrogens with zero attached hydrogens (tertiary/aromatic N) is 2. The third-order valence-corrected chi connectivity index (χ3v) is 5.30. The lowest BCUT2D eigenvalue weighted by atomic mass is 10.1. The Labute approximate surface area is 153 Å². The van der Waals surface area contributed by atoms with Crippen LogP contribution in [0.25, 0.3) is 21.0 Å². The molecule has 1 heterocycles. The highest BCUT2D eigenvalue weighted by Crippen LogP contribution is 2.27. The zero-order valence-corrected chi connectivity index (χ0v) is 14.7. The van der Waals surface area contributed by atoms with Gasteiger partial charge in [0.2, 0.25) is 0 Å². The Morgan fingerprint density at radius 1 is 1.12 bits per heavy atom. The Hall–Kier alpha value is -3.05. The van der Waals surface area contributed by atoms with Crippen LogP contribution >= 0.6 is 11.3 Å². The largest absolute Gasteiger partial charge is 0.312 e. The van der Waals surface area contributed by atoms with Crippen LogP contribution in [0.4, 0.5) is 4.39 Å². The van der Waals surface area contributed by atoms with E-state index in [1.54, 1.807) is 6.08 Å². The van der Waals surface area contributed by atoms with E-state index in [4.69, 9.17) is 0 Å². The summed E-state index contributed by atoms with van der Waals surface area (Å²) in [7, 11) is 0. The van der Waals surface area contributed by atoms with Crippen molar-refractivity contribution in [2.45, 2.75) is 6.54 Å². The lowest BCUT2D eigenvalue weighted by Crippen LogP contribution is -2.16. The number of amides is 1. The molecular formula is C21H15FN2OS. The number of hydrogen-bond acceptors (Lipinski definition) is 2. The van der Waals surface area contributed by atoms with E-state index >= 15 is 0 Å². The Balaban J connectivity index is 1.94. The molecule has 128 valence electrons. The minimum Gasteiger partial charge on any atom is -0.312 e. The highest BCUT2D eigenvalue weighted by Gasteiger charge is 2.11. The first kappa shape index (κ1) is 16.4. The van der Waals surface area contributed by atoms with Gasteiger partial charge >= 0.3 is 0 Å². The van der Waals surface area contributed by atoms with Crippen LogP contribution < -0.4 is 4.80 Å². The van der Waals surface area contributed by atoms with Gasteiger partial charge in [0.05, 0.1) is 10.2 Å². The first-order chi connectivity index (χ1) is 12.7. The number of allylic oxidation sites excluding steroid dienone is 1. The molecule has 4 aromatic rings. The molecule has 0 atom stereocenters. The topological polar surface area (TPSA) is 34.4 Å². The summed E-state index contributed by atoms with van der Waals surface area (Å²) in [6, 6.07) is 17.7. The van der Waals surface area contributed by atoms with Crippen molar-refractivity contribution < 1.29 is 9.18 Å². The quantitative estimate of drug-likeness (QED) is 0.476. The zero-order valence-electron chi connectivity index (χ0n) is 13.9. The van der Waals surface area contributed by atoms with E-state index in [0.717, 1.165) is 21.0 Å². The number of carbonyl (C=O) groups is 1. The van der Waals surface area contributed by atoms with Gasteiger partial charge in [0.15, 0.2) is 4.80 Å². The molecule has 1 aromatic heterocycles. The molecule has 0 fully saturated rings. The summed E-state index contributed by atoms with van der Waals surface area (Å²) in [5.41, 5.74) is 1.37. The van der Waals surface area contributed by atoms with Crippen molar-refractivity contribution in [1.82, 2.24) is 4.57 Å². The Bertz CT molecular complexity index is 1200. The van der Waals surface area contributed by atoms with Gasteiger partial charge in [-0.25, -0.2) is 4.39 Å². The number of aromatic nitrogens is 1. The average Bonchev–Trinajstić information content (AvgIpc) is 3.00. The molecule has 0 aliphatic rings. The van der Waals surface area contributed by atoms with Gasteiger partial charge < -0.3 is 4.57 Å². The molecule has 3 aromatic carbocycles. The van der Waals surface area contributed by atoms with Crippen LogP contribution in [0.5, 0.6) is 0 Å². The number of thiazole rings is 1. The van der Waals surface area contributed by atoms with E-state index in [9.17, 15) is 9.18 Å². The molecule has 5 heteroatoms. The van der Waals surface area contributed by atoms with Crippen molar-refractivity contribution in [2.75, 3.05) is 0 Å². The monoisotopic (exact) mass is 362 g/mol. The third-order valence-electron chi connectivity index (χ3n) is 4.17. The second-order valence-corrected chi connectivity index (χ2v) is 6.82. The maximum Gasteiger partial charge on any atom is 0.279 e. The molecule has 26 heavy (non-hydrogen) atoms. The van der Waals surface area contributed by atoms with Gasteiger partial charge in [-0.1, -0.05) is 47.7 Å². The first-order valence-electron chi connectivity index (χ1n) is 8.14. The normalized spacial score (nSPS) is 12.0. The standard InChI is InChI=1S/C21H15FN2OS/c1-2-13-24-18-12-9-14-5-3-4-6-17(14)19(18)26-21(24)23-20(25)15-7-10-16(22)11-8-15/h2-12H,1,13H2. The van der Waals surface area contributed by atoms with Crippen LogP contribution in [0.2, 0.25) is 0 Å². The summed E-state index contributed by atoms with van der Waals surface area (Å²) in [6.07, 6.45) is 1.78. The summed E-state index contributed by atoms with van der Waals surface area (Å²) in [6.45, 7) is 4.36. The zero-order chi connectivity index (χ0) is 18.1. The molecule has 3 nitrogen and oxygen atoms in total. The molecule has 0 saturated carbocycles. The van der Waals surface area contributed by atoms with E-state index < -0.39 is 5.91 Å². The molecule has 0 N–H and O–H groups in total. The maximum atomic E-state index is 13.1. The molecular weight excluding hydrogens is 347 g/mol. The molecule has 0 aliphatic carbocycles. The summed E-state index contributed by atoms with van der Waals surface area (Å²) in [5.74, 6) is -0.768. The van der Waals surface area contributed by atoms with Crippen molar-refractivity contribution >= 4 is 38.2 Å². The van der Waals surface area contributed by atoms with Crippen LogP contribution in [0.1, 0.15) is 10.4 Å². The second-order valence-electron chi connectivity index (χ2n) is 5.84. The van der Waals surface area contributed by atoms with E-state index in [1.807, 2.05) is 22.8 Å². The first-order valence-corrected chi connectivity index (χ1v) is 8.95. The Kier molecular flexibility index (Phi) is 4.22. The fourth-order valence-corrected chi connectivity index (χ4v) is 4.11. The highest BCUT2D eigenvalue weighted by atomic mass is 32.1. The molecule has 0 bridgehead atoms. The lowest BCUT2D eigenvalue weighted by Gasteiger charge is -2.02. The Morgan fingerprint density at radius 2 is 1.88 bits per heavy atom. The summed E-state index contributed by atoms with van der Waals surface area (Å²) < 4.78 is 16.1. The SMILES string of the molecule is C=CCn1c(=NC(=O)c2ccc(F)cc2)sc2c3ccccc3ccc21. The van der Waals surface area contributed by atoms with Crippen molar-refractivity contribution in [1.29, 1.82) is 0 Å². The number of fused-ring (bicyclic) bond motifs is 3. The van der Waals surface area contributed by atoms with Crippen molar-refractivity contribution in [3.63, 3.8) is 0 Å². The van der Waals surface area contributed by atoms with Crippen LogP contribution in [-0.2, 0) is 6.54 Å². The number of carbonyl (C=O) groups excluding carboxylic acids is 1. The molecule has 0 aliphatic heterocycles. The maximum absolute atomic E-state index is 13.1. The molecule has 0 spiro atoms. The predicted octanol–water partition coefficient (Wildman–Crippen LogP) is 4.92. The number of benzene rings is 3. The van der Waals surface area contributed by atoms with Crippen LogP contribution in [0, 0.1) is 5.82 Å². The minimum absolute atomic E-state index is 0.360. The minimum atomic E-state index is -0.390. The van der Waals surface area contributed by atoms with Crippen molar-refractivity contribution in [2.24, 2.45) is 4.99 Å². The molecule has 0 radical (unpaired) electrons. The fourth-order valence-electron chi connectivity index (χ4n) is 2.93. The summed E-state index contributed by atoms with van der Waals surface area (Å²) in [5, 5.41) is 2.27. The van der Waals surface area contributed by atoms with Crippen LogP contribution in [-0.4, -0.2) is 10.5 Å². The fraction of sp³-hybridized carbons (Fsp3) is 0.0476. The van der Waals surface area contributed by atoms with Gasteiger partial charge in [-0.05, 0) is 35.7 Å². The molecule has 0 saturated heterocycles. The van der Waals surface area contributed by atoms with Gasteiger partial charge in [0, 0.05) is 17.5 Å². The number of hydrogen-bond donors (Lipinski definition) is 0. The van der Waals surface area contributed by atoms with Crippen LogP contribution in [0.3, 0.4) is 0 Å². The number of rotatable bonds is 3. The third kappa shape index (κ3) is 2.86.